The van der Waals surface area contributed by atoms with Crippen LogP contribution in [0.25, 0.3) is 22.0 Å². The molecule has 4 aromatic carbocycles. The van der Waals surface area contributed by atoms with Crippen molar-refractivity contribution >= 4 is 42.4 Å². The lowest BCUT2D eigenvalue weighted by atomic mass is 9.97. The molecule has 2 aliphatic heterocycles. The number of phosphoric ester groups is 1. The Labute approximate surface area is 336 Å². The second-order valence-corrected chi connectivity index (χ2v) is 15.8. The number of carbonyl (C=O) groups excluding carboxylic acids is 4. The van der Waals surface area contributed by atoms with Crippen LogP contribution in [0.5, 0.6) is 5.75 Å². The fraction of sp³-hybridized carbons (Fsp3) is 0.256. The van der Waals surface area contributed by atoms with Crippen molar-refractivity contribution in [2.45, 2.75) is 38.6 Å². The molecule has 2 fully saturated rings. The smallest absolute Gasteiger partial charge is 0.404 e. The maximum atomic E-state index is 14.8. The number of hydrogen-bond donors (Lipinski definition) is 2. The summed E-state index contributed by atoms with van der Waals surface area (Å²) in [7, 11) is -1.29. The zero-order valence-corrected chi connectivity index (χ0v) is 33.4. The lowest BCUT2D eigenvalue weighted by molar-refractivity contribution is -0.189. The van der Waals surface area contributed by atoms with E-state index in [-0.39, 0.29) is 62.5 Å². The summed E-state index contributed by atoms with van der Waals surface area (Å²) >= 11 is 0. The average Bonchev–Trinajstić information content (AvgIpc) is 3.56. The fourth-order valence-corrected chi connectivity index (χ4v) is 8.24. The fourth-order valence-electron chi connectivity index (χ4n) is 7.78. The third kappa shape index (κ3) is 8.32. The van der Waals surface area contributed by atoms with E-state index in [0.717, 1.165) is 40.3 Å². The van der Waals surface area contributed by atoms with Gasteiger partial charge in [-0.15, -0.1) is 6.58 Å². The SMILES string of the molecule is C=CCN1CC(=O)N2C(Cc3ccc(OP(=O)(O)OC)cc3)C(=O)N(Cc3cccc4c(-c5ccc(C(C)=O)cc5)cn(C)c34)CC2N1C(=O)NCc1ccccc1. The van der Waals surface area contributed by atoms with Crippen LogP contribution in [-0.2, 0) is 45.2 Å². The number of ketones is 1. The molecule has 3 heterocycles. The van der Waals surface area contributed by atoms with Crippen molar-refractivity contribution in [3.05, 3.63) is 138 Å². The highest BCUT2D eigenvalue weighted by Crippen LogP contribution is 2.43. The maximum Gasteiger partial charge on any atom is 0.527 e. The number of para-hydroxylation sites is 1. The Kier molecular flexibility index (Phi) is 11.6. The number of aromatic nitrogens is 1. The van der Waals surface area contributed by atoms with Gasteiger partial charge in [0.25, 0.3) is 0 Å². The molecule has 58 heavy (non-hydrogen) atoms. The molecule has 0 bridgehead atoms. The molecule has 2 aliphatic rings. The minimum atomic E-state index is -4.30. The molecular formula is C43H45N6O8P. The molecule has 2 saturated heterocycles. The predicted molar refractivity (Wildman–Crippen MR) is 218 cm³/mol. The minimum Gasteiger partial charge on any atom is -0.404 e. The molecule has 0 radical (unpaired) electrons. The Balaban J connectivity index is 1.25. The van der Waals surface area contributed by atoms with Crippen molar-refractivity contribution in [1.82, 2.24) is 29.7 Å². The van der Waals surface area contributed by atoms with Crippen LogP contribution in [0.15, 0.2) is 116 Å². The lowest BCUT2D eigenvalue weighted by Crippen LogP contribution is -2.76. The second kappa shape index (κ2) is 16.8. The summed E-state index contributed by atoms with van der Waals surface area (Å²) in [5.41, 5.74) is 5.87. The normalized spacial score (nSPS) is 18.2. The van der Waals surface area contributed by atoms with Gasteiger partial charge in [0.15, 0.2) is 5.78 Å². The van der Waals surface area contributed by atoms with E-state index in [2.05, 4.69) is 16.4 Å². The van der Waals surface area contributed by atoms with Crippen LogP contribution in [0.3, 0.4) is 0 Å². The Bertz CT molecular complexity index is 2400. The van der Waals surface area contributed by atoms with Gasteiger partial charge in [-0.05, 0) is 41.3 Å². The monoisotopic (exact) mass is 804 g/mol. The topological polar surface area (TPSA) is 154 Å². The van der Waals surface area contributed by atoms with E-state index < -0.39 is 26.1 Å². The molecule has 4 amide bonds. The summed E-state index contributed by atoms with van der Waals surface area (Å²) < 4.78 is 23.7. The number of piperazine rings is 1. The van der Waals surface area contributed by atoms with E-state index >= 15 is 0 Å². The van der Waals surface area contributed by atoms with E-state index in [9.17, 15) is 28.6 Å². The van der Waals surface area contributed by atoms with Crippen molar-refractivity contribution in [3.63, 3.8) is 0 Å². The third-order valence-electron chi connectivity index (χ3n) is 10.5. The molecule has 0 spiro atoms. The van der Waals surface area contributed by atoms with Gasteiger partial charge in [0.05, 0.1) is 18.6 Å². The van der Waals surface area contributed by atoms with Gasteiger partial charge < -0.3 is 24.2 Å². The summed E-state index contributed by atoms with van der Waals surface area (Å²) in [6, 6.07) is 27.8. The molecule has 300 valence electrons. The first kappa shape index (κ1) is 40.2. The average molecular weight is 805 g/mol. The van der Waals surface area contributed by atoms with Gasteiger partial charge in [-0.2, -0.15) is 0 Å². The number of urea groups is 1. The molecule has 5 aromatic rings. The highest BCUT2D eigenvalue weighted by Gasteiger charge is 2.51. The van der Waals surface area contributed by atoms with Crippen LogP contribution in [0.2, 0.25) is 0 Å². The first-order valence-corrected chi connectivity index (χ1v) is 20.3. The number of benzene rings is 4. The molecule has 2 N–H and O–H groups in total. The largest absolute Gasteiger partial charge is 0.527 e. The Morgan fingerprint density at radius 2 is 1.69 bits per heavy atom. The number of nitrogens with one attached hydrogen (secondary N) is 1. The number of hydrazine groups is 1. The first-order chi connectivity index (χ1) is 27.9. The minimum absolute atomic E-state index is 0.0133. The van der Waals surface area contributed by atoms with E-state index in [0.29, 0.717) is 11.1 Å². The Morgan fingerprint density at radius 1 is 0.966 bits per heavy atom. The summed E-state index contributed by atoms with van der Waals surface area (Å²) in [6.07, 6.45) is 2.88. The van der Waals surface area contributed by atoms with Crippen LogP contribution < -0.4 is 9.84 Å². The van der Waals surface area contributed by atoms with Gasteiger partial charge >= 0.3 is 13.9 Å². The third-order valence-corrected chi connectivity index (χ3v) is 11.4. The van der Waals surface area contributed by atoms with E-state index in [1.807, 2.05) is 90.6 Å². The van der Waals surface area contributed by atoms with Crippen molar-refractivity contribution in [2.75, 3.05) is 26.7 Å². The number of phosphoric acid groups is 1. The molecule has 0 saturated carbocycles. The molecule has 7 rings (SSSR count). The number of rotatable bonds is 13. The van der Waals surface area contributed by atoms with E-state index in [4.69, 9.17) is 4.52 Å². The molecule has 3 atom stereocenters. The van der Waals surface area contributed by atoms with Crippen LogP contribution >= 0.6 is 7.82 Å². The number of fused-ring (bicyclic) bond motifs is 2. The number of amides is 4. The second-order valence-electron chi connectivity index (χ2n) is 14.3. The van der Waals surface area contributed by atoms with E-state index in [1.165, 1.54) is 29.0 Å². The van der Waals surface area contributed by atoms with Crippen molar-refractivity contribution < 1.29 is 37.7 Å². The molecule has 15 heteroatoms. The molecule has 14 nitrogen and oxygen atoms in total. The highest BCUT2D eigenvalue weighted by molar-refractivity contribution is 7.47. The highest BCUT2D eigenvalue weighted by atomic mass is 31.2. The van der Waals surface area contributed by atoms with Crippen molar-refractivity contribution in [2.24, 2.45) is 7.05 Å². The summed E-state index contributed by atoms with van der Waals surface area (Å²) in [5.74, 6) is -0.535. The van der Waals surface area contributed by atoms with Gasteiger partial charge in [0.2, 0.25) is 11.8 Å². The standard InChI is InChI=1S/C43H45N6O8P/c1-5-22-47-28-40(51)48-38(23-30-14-20-35(21-15-30)57-58(54,55)56-4)42(52)46(27-39(48)49(47)43(53)44-24-31-10-7-6-8-11-31)25-34-12-9-13-36-37(26-45(3)41(34)36)33-18-16-32(17-19-33)29(2)50/h5-21,26,38-39H,1,22-25,27-28H2,2-4H3,(H,44,53)(H,54,55). The van der Waals surface area contributed by atoms with Crippen molar-refractivity contribution in [1.29, 1.82) is 0 Å². The number of hydrogen-bond acceptors (Lipinski definition) is 8. The van der Waals surface area contributed by atoms with E-state index in [1.54, 1.807) is 28.1 Å². The van der Waals surface area contributed by atoms with Gasteiger partial charge in [0, 0.05) is 62.9 Å². The van der Waals surface area contributed by atoms with Crippen molar-refractivity contribution in [3.8, 4) is 16.9 Å². The number of carbonyl (C=O) groups is 4. The number of nitrogens with zero attached hydrogens (tertiary/aromatic N) is 5. The first-order valence-electron chi connectivity index (χ1n) is 18.8. The summed E-state index contributed by atoms with van der Waals surface area (Å²) in [6.45, 7) is 5.93. The lowest BCUT2D eigenvalue weighted by Gasteiger charge is -2.55. The number of aryl methyl sites for hydroxylation is 1. The molecule has 1 aromatic heterocycles. The van der Waals surface area contributed by atoms with Crippen LogP contribution in [0, 0.1) is 0 Å². The summed E-state index contributed by atoms with van der Waals surface area (Å²) in [4.78, 5) is 68.1. The Morgan fingerprint density at radius 3 is 2.36 bits per heavy atom. The van der Waals surface area contributed by atoms with Crippen LogP contribution in [-0.4, -0.2) is 91.9 Å². The van der Waals surface area contributed by atoms with Gasteiger partial charge in [-0.1, -0.05) is 91.0 Å². The quantitative estimate of drug-likeness (QED) is 0.0841. The van der Waals surface area contributed by atoms with Crippen LogP contribution in [0.4, 0.5) is 4.79 Å². The maximum absolute atomic E-state index is 14.8. The summed E-state index contributed by atoms with van der Waals surface area (Å²) in [5, 5.41) is 7.16. The zero-order chi connectivity index (χ0) is 41.1. The molecule has 3 unspecified atom stereocenters. The molecular weight excluding hydrogens is 759 g/mol. The van der Waals surface area contributed by atoms with Crippen LogP contribution in [0.1, 0.15) is 34.0 Å². The number of Topliss-reactive ketones (excluding diaryl/α,β-unsaturated/α-hetero) is 1. The predicted octanol–water partition coefficient (Wildman–Crippen LogP) is 5.91. The molecule has 0 aliphatic carbocycles. The van der Waals surface area contributed by atoms with Gasteiger partial charge in [-0.25, -0.2) is 19.4 Å². The van der Waals surface area contributed by atoms with Gasteiger partial charge in [0.1, 0.15) is 18.0 Å². The van der Waals surface area contributed by atoms with Gasteiger partial charge in [-0.3, -0.25) is 23.8 Å². The zero-order valence-electron chi connectivity index (χ0n) is 32.5. The Hall–Kier alpha value is -6.05.